The lowest BCUT2D eigenvalue weighted by Gasteiger charge is -2.26. The van der Waals surface area contributed by atoms with E-state index in [0.29, 0.717) is 25.6 Å². The van der Waals surface area contributed by atoms with E-state index in [1.165, 1.54) is 32.1 Å². The molecule has 3 atom stereocenters. The first-order valence-corrected chi connectivity index (χ1v) is 9.20. The van der Waals surface area contributed by atoms with E-state index in [1.54, 1.807) is 0 Å². The summed E-state index contributed by atoms with van der Waals surface area (Å²) < 4.78 is 30.4. The molecule has 2 rings (SSSR count). The van der Waals surface area contributed by atoms with Gasteiger partial charge in [-0.1, -0.05) is 19.3 Å². The highest BCUT2D eigenvalue weighted by Gasteiger charge is 2.38. The summed E-state index contributed by atoms with van der Waals surface area (Å²) in [5.41, 5.74) is 0. The lowest BCUT2D eigenvalue weighted by atomic mass is 9.95. The van der Waals surface area contributed by atoms with Gasteiger partial charge in [-0.25, -0.2) is 8.42 Å². The van der Waals surface area contributed by atoms with Gasteiger partial charge in [-0.3, -0.25) is 0 Å². The van der Waals surface area contributed by atoms with E-state index < -0.39 is 9.84 Å². The first-order chi connectivity index (χ1) is 9.01. The zero-order valence-electron chi connectivity index (χ0n) is 12.1. The Balaban J connectivity index is 1.85. The Bertz CT molecular complexity index is 376. The molecule has 2 fully saturated rings. The van der Waals surface area contributed by atoms with Crippen molar-refractivity contribution in [3.8, 4) is 0 Å². The Kier molecular flexibility index (Phi) is 5.26. The van der Waals surface area contributed by atoms with E-state index in [2.05, 4.69) is 5.32 Å². The summed E-state index contributed by atoms with van der Waals surface area (Å²) >= 11 is 0. The number of ether oxygens (including phenoxy) is 1. The molecule has 1 saturated heterocycles. The van der Waals surface area contributed by atoms with Crippen molar-refractivity contribution >= 4 is 9.84 Å². The monoisotopic (exact) mass is 289 g/mol. The fourth-order valence-electron chi connectivity index (χ4n) is 3.20. The smallest absolute Gasteiger partial charge is 0.159 e. The zero-order chi connectivity index (χ0) is 13.9. The van der Waals surface area contributed by atoms with Gasteiger partial charge in [-0.15, -0.1) is 0 Å². The second kappa shape index (κ2) is 6.55. The van der Waals surface area contributed by atoms with Crippen LogP contribution in [0.5, 0.6) is 0 Å². The molecule has 1 saturated carbocycles. The van der Waals surface area contributed by atoms with Crippen molar-refractivity contribution in [2.45, 2.75) is 75.0 Å². The molecule has 0 aromatic rings. The SMILES string of the molecule is CC1OCCC1S(=O)(=O)C(C)CNC1CCCCC1. The van der Waals surface area contributed by atoms with Crippen LogP contribution >= 0.6 is 0 Å². The molecule has 3 unspecified atom stereocenters. The summed E-state index contributed by atoms with van der Waals surface area (Å²) in [6.07, 6.45) is 6.74. The lowest BCUT2D eigenvalue weighted by molar-refractivity contribution is 0.126. The Labute approximate surface area is 117 Å². The van der Waals surface area contributed by atoms with Crippen molar-refractivity contribution in [2.24, 2.45) is 0 Å². The third-order valence-electron chi connectivity index (χ3n) is 4.59. The summed E-state index contributed by atoms with van der Waals surface area (Å²) in [6, 6.07) is 0.517. The van der Waals surface area contributed by atoms with Gasteiger partial charge in [0, 0.05) is 19.2 Å². The van der Waals surface area contributed by atoms with E-state index in [-0.39, 0.29) is 16.6 Å². The van der Waals surface area contributed by atoms with Crippen molar-refractivity contribution in [3.63, 3.8) is 0 Å². The third-order valence-corrected chi connectivity index (χ3v) is 7.34. The summed E-state index contributed by atoms with van der Waals surface area (Å²) in [4.78, 5) is 0. The quantitative estimate of drug-likeness (QED) is 0.840. The molecule has 1 aliphatic carbocycles. The Morgan fingerprint density at radius 1 is 1.21 bits per heavy atom. The zero-order valence-corrected chi connectivity index (χ0v) is 12.9. The van der Waals surface area contributed by atoms with Gasteiger partial charge < -0.3 is 10.1 Å². The highest BCUT2D eigenvalue weighted by molar-refractivity contribution is 7.92. The number of sulfone groups is 1. The van der Waals surface area contributed by atoms with Crippen LogP contribution in [0.4, 0.5) is 0 Å². The van der Waals surface area contributed by atoms with E-state index in [0.717, 1.165) is 0 Å². The summed E-state index contributed by atoms with van der Waals surface area (Å²) in [6.45, 7) is 4.86. The van der Waals surface area contributed by atoms with Crippen molar-refractivity contribution in [1.82, 2.24) is 5.32 Å². The first kappa shape index (κ1) is 15.3. The predicted octanol–water partition coefficient (Wildman–Crippen LogP) is 1.89. The van der Waals surface area contributed by atoms with Crippen LogP contribution in [-0.2, 0) is 14.6 Å². The van der Waals surface area contributed by atoms with Gasteiger partial charge in [-0.05, 0) is 33.1 Å². The van der Waals surface area contributed by atoms with Crippen molar-refractivity contribution in [3.05, 3.63) is 0 Å². The molecule has 4 nitrogen and oxygen atoms in total. The topological polar surface area (TPSA) is 55.4 Å². The fraction of sp³-hybridized carbons (Fsp3) is 1.00. The Hall–Kier alpha value is -0.130. The molecule has 0 radical (unpaired) electrons. The average molecular weight is 289 g/mol. The molecule has 1 aliphatic heterocycles. The maximum atomic E-state index is 12.5. The molecular weight excluding hydrogens is 262 g/mol. The maximum Gasteiger partial charge on any atom is 0.159 e. The molecule has 19 heavy (non-hydrogen) atoms. The highest BCUT2D eigenvalue weighted by atomic mass is 32.2. The normalized spacial score (nSPS) is 31.5. The molecule has 0 spiro atoms. The van der Waals surface area contributed by atoms with E-state index in [1.807, 2.05) is 13.8 Å². The molecule has 2 aliphatic rings. The minimum absolute atomic E-state index is 0.151. The number of nitrogens with one attached hydrogen (secondary N) is 1. The van der Waals surface area contributed by atoms with Crippen LogP contribution in [0.1, 0.15) is 52.4 Å². The Morgan fingerprint density at radius 3 is 2.47 bits per heavy atom. The molecule has 1 heterocycles. The first-order valence-electron chi connectivity index (χ1n) is 7.59. The summed E-state index contributed by atoms with van der Waals surface area (Å²) in [5, 5.41) is 2.82. The second-order valence-corrected chi connectivity index (χ2v) is 8.63. The van der Waals surface area contributed by atoms with Crippen LogP contribution in [0, 0.1) is 0 Å². The van der Waals surface area contributed by atoms with Crippen molar-refractivity contribution in [1.29, 1.82) is 0 Å². The standard InChI is InChI=1S/C14H27NO3S/c1-11(10-15-13-6-4-3-5-7-13)19(16,17)14-8-9-18-12(14)2/h11-15H,3-10H2,1-2H3. The highest BCUT2D eigenvalue weighted by Crippen LogP contribution is 2.24. The van der Waals surface area contributed by atoms with Gasteiger partial charge in [0.15, 0.2) is 9.84 Å². The van der Waals surface area contributed by atoms with Crippen LogP contribution in [0.3, 0.4) is 0 Å². The predicted molar refractivity (Wildman–Crippen MR) is 77.1 cm³/mol. The Morgan fingerprint density at radius 2 is 1.89 bits per heavy atom. The number of hydrogen-bond acceptors (Lipinski definition) is 4. The molecule has 112 valence electrons. The molecular formula is C14H27NO3S. The summed E-state index contributed by atoms with van der Waals surface area (Å²) in [7, 11) is -3.08. The van der Waals surface area contributed by atoms with Crippen molar-refractivity contribution < 1.29 is 13.2 Å². The van der Waals surface area contributed by atoms with Crippen LogP contribution in [0.2, 0.25) is 0 Å². The van der Waals surface area contributed by atoms with Crippen molar-refractivity contribution in [2.75, 3.05) is 13.2 Å². The van der Waals surface area contributed by atoms with E-state index >= 15 is 0 Å². The molecule has 5 heteroatoms. The molecule has 0 bridgehead atoms. The molecule has 1 N–H and O–H groups in total. The third kappa shape index (κ3) is 3.70. The molecule has 0 aromatic heterocycles. The van der Waals surface area contributed by atoms with Gasteiger partial charge in [0.1, 0.15) is 0 Å². The van der Waals surface area contributed by atoms with Gasteiger partial charge >= 0.3 is 0 Å². The minimum Gasteiger partial charge on any atom is -0.377 e. The maximum absolute atomic E-state index is 12.5. The fourth-order valence-corrected chi connectivity index (χ4v) is 5.16. The minimum atomic E-state index is -3.08. The average Bonchev–Trinajstić information content (AvgIpc) is 2.84. The largest absolute Gasteiger partial charge is 0.377 e. The van der Waals surface area contributed by atoms with Gasteiger partial charge in [0.05, 0.1) is 16.6 Å². The summed E-state index contributed by atoms with van der Waals surface area (Å²) in [5.74, 6) is 0. The van der Waals surface area contributed by atoms with Crippen LogP contribution in [-0.4, -0.2) is 44.2 Å². The van der Waals surface area contributed by atoms with E-state index in [9.17, 15) is 8.42 Å². The number of rotatable bonds is 5. The van der Waals surface area contributed by atoms with Gasteiger partial charge in [-0.2, -0.15) is 0 Å². The lowest BCUT2D eigenvalue weighted by Crippen LogP contribution is -2.43. The van der Waals surface area contributed by atoms with Gasteiger partial charge in [0.25, 0.3) is 0 Å². The molecule has 0 aromatic carbocycles. The second-order valence-electron chi connectivity index (χ2n) is 6.05. The van der Waals surface area contributed by atoms with Crippen LogP contribution < -0.4 is 5.32 Å². The van der Waals surface area contributed by atoms with Crippen LogP contribution in [0.15, 0.2) is 0 Å². The van der Waals surface area contributed by atoms with E-state index in [4.69, 9.17) is 4.74 Å². The number of hydrogen-bond donors (Lipinski definition) is 1. The van der Waals surface area contributed by atoms with Crippen LogP contribution in [0.25, 0.3) is 0 Å². The molecule has 0 amide bonds. The van der Waals surface area contributed by atoms with Gasteiger partial charge in [0.2, 0.25) is 0 Å².